The number of carbonyl (C=O) groups excluding carboxylic acids is 2. The summed E-state index contributed by atoms with van der Waals surface area (Å²) in [6.07, 6.45) is 2.70. The lowest BCUT2D eigenvalue weighted by atomic mass is 9.98. The second kappa shape index (κ2) is 4.96. The van der Waals surface area contributed by atoms with Crippen LogP contribution in [0.5, 0.6) is 0 Å². The van der Waals surface area contributed by atoms with Crippen LogP contribution in [0.4, 0.5) is 5.69 Å². The third-order valence-corrected chi connectivity index (χ3v) is 3.66. The normalized spacial score (nSPS) is 14.2. The van der Waals surface area contributed by atoms with E-state index in [2.05, 4.69) is 6.07 Å². The molecular weight excluding hydrogens is 254 g/mol. The van der Waals surface area contributed by atoms with Gasteiger partial charge in [-0.2, -0.15) is 0 Å². The van der Waals surface area contributed by atoms with Crippen molar-refractivity contribution < 1.29 is 14.0 Å². The Bertz CT molecular complexity index is 672. The molecule has 1 amide bonds. The summed E-state index contributed by atoms with van der Waals surface area (Å²) in [5, 5.41) is 0. The van der Waals surface area contributed by atoms with Gasteiger partial charge in [-0.25, -0.2) is 0 Å². The molecule has 1 aromatic heterocycles. The van der Waals surface area contributed by atoms with Crippen LogP contribution >= 0.6 is 0 Å². The molecule has 0 saturated heterocycles. The standard InChI is InChI=1S/C16H15NO3/c1-17-15-6-2-11(8-12(15)3-7-16(17)19)9-13-4-5-14(10-18)20-13/h2,4-6,8,10H,3,7,9H2,1H3. The summed E-state index contributed by atoms with van der Waals surface area (Å²) in [6, 6.07) is 9.58. The van der Waals surface area contributed by atoms with E-state index in [0.29, 0.717) is 24.9 Å². The Labute approximate surface area is 117 Å². The number of aryl methyl sites for hydroxylation is 1. The number of benzene rings is 1. The Morgan fingerprint density at radius 1 is 1.25 bits per heavy atom. The number of fused-ring (bicyclic) bond motifs is 1. The quantitative estimate of drug-likeness (QED) is 0.805. The zero-order valence-corrected chi connectivity index (χ0v) is 11.3. The highest BCUT2D eigenvalue weighted by molar-refractivity contribution is 5.95. The Morgan fingerprint density at radius 2 is 2.10 bits per heavy atom. The van der Waals surface area contributed by atoms with Crippen LogP contribution in [0.15, 0.2) is 34.7 Å². The zero-order chi connectivity index (χ0) is 14.1. The lowest BCUT2D eigenvalue weighted by molar-refractivity contribution is -0.118. The van der Waals surface area contributed by atoms with E-state index in [-0.39, 0.29) is 5.91 Å². The molecule has 0 radical (unpaired) electrons. The second-order valence-corrected chi connectivity index (χ2v) is 5.01. The van der Waals surface area contributed by atoms with Gasteiger partial charge in [-0.05, 0) is 35.7 Å². The molecule has 1 aromatic carbocycles. The SMILES string of the molecule is CN1C(=O)CCc2cc(Cc3ccc(C=O)o3)ccc21. The molecule has 0 saturated carbocycles. The van der Waals surface area contributed by atoms with Gasteiger partial charge in [0.05, 0.1) is 0 Å². The van der Waals surface area contributed by atoms with Crippen LogP contribution < -0.4 is 4.90 Å². The van der Waals surface area contributed by atoms with Crippen molar-refractivity contribution in [1.82, 2.24) is 0 Å². The first kappa shape index (κ1) is 12.7. The van der Waals surface area contributed by atoms with E-state index in [1.54, 1.807) is 11.0 Å². The van der Waals surface area contributed by atoms with Gasteiger partial charge in [-0.1, -0.05) is 12.1 Å². The van der Waals surface area contributed by atoms with Crippen molar-refractivity contribution in [2.24, 2.45) is 0 Å². The third kappa shape index (κ3) is 2.25. The summed E-state index contributed by atoms with van der Waals surface area (Å²) in [7, 11) is 1.81. The highest BCUT2D eigenvalue weighted by atomic mass is 16.3. The van der Waals surface area contributed by atoms with Crippen molar-refractivity contribution in [3.8, 4) is 0 Å². The molecule has 0 aliphatic carbocycles. The molecule has 0 fully saturated rings. The molecule has 1 aliphatic heterocycles. The molecule has 2 heterocycles. The fourth-order valence-corrected chi connectivity index (χ4v) is 2.57. The molecule has 102 valence electrons. The molecule has 0 spiro atoms. The van der Waals surface area contributed by atoms with E-state index in [1.807, 2.05) is 25.2 Å². The van der Waals surface area contributed by atoms with Crippen LogP contribution in [0.3, 0.4) is 0 Å². The van der Waals surface area contributed by atoms with Crippen LogP contribution in [-0.2, 0) is 17.6 Å². The van der Waals surface area contributed by atoms with Crippen molar-refractivity contribution in [3.05, 3.63) is 53.0 Å². The van der Waals surface area contributed by atoms with E-state index in [1.165, 1.54) is 5.56 Å². The maximum absolute atomic E-state index is 11.6. The molecule has 0 unspecified atom stereocenters. The van der Waals surface area contributed by atoms with Gasteiger partial charge >= 0.3 is 0 Å². The van der Waals surface area contributed by atoms with E-state index in [4.69, 9.17) is 4.42 Å². The van der Waals surface area contributed by atoms with E-state index in [0.717, 1.165) is 23.4 Å². The van der Waals surface area contributed by atoms with Crippen molar-refractivity contribution in [1.29, 1.82) is 0 Å². The number of hydrogen-bond donors (Lipinski definition) is 0. The van der Waals surface area contributed by atoms with E-state index in [9.17, 15) is 9.59 Å². The Kier molecular flexibility index (Phi) is 3.14. The van der Waals surface area contributed by atoms with Gasteiger partial charge in [0.15, 0.2) is 12.0 Å². The van der Waals surface area contributed by atoms with Gasteiger partial charge in [0.1, 0.15) is 5.76 Å². The number of carbonyl (C=O) groups is 2. The monoisotopic (exact) mass is 269 g/mol. The Balaban J connectivity index is 1.85. The highest BCUT2D eigenvalue weighted by Crippen LogP contribution is 2.28. The van der Waals surface area contributed by atoms with E-state index < -0.39 is 0 Å². The molecule has 4 nitrogen and oxygen atoms in total. The maximum atomic E-state index is 11.6. The molecular formula is C16H15NO3. The second-order valence-electron chi connectivity index (χ2n) is 5.01. The average Bonchev–Trinajstić information content (AvgIpc) is 2.91. The third-order valence-electron chi connectivity index (χ3n) is 3.66. The van der Waals surface area contributed by atoms with E-state index >= 15 is 0 Å². The molecule has 20 heavy (non-hydrogen) atoms. The molecule has 0 atom stereocenters. The predicted octanol–water partition coefficient (Wildman–Crippen LogP) is 2.59. The lowest BCUT2D eigenvalue weighted by Gasteiger charge is -2.26. The largest absolute Gasteiger partial charge is 0.458 e. The number of amides is 1. The minimum Gasteiger partial charge on any atom is -0.458 e. The first-order valence-corrected chi connectivity index (χ1v) is 6.59. The lowest BCUT2D eigenvalue weighted by Crippen LogP contribution is -2.31. The van der Waals surface area contributed by atoms with Crippen molar-refractivity contribution in [3.63, 3.8) is 0 Å². The number of furan rings is 1. The van der Waals surface area contributed by atoms with Gasteiger partial charge in [0.25, 0.3) is 0 Å². The minimum atomic E-state index is 0.159. The summed E-state index contributed by atoms with van der Waals surface area (Å²) >= 11 is 0. The van der Waals surface area contributed by atoms with Gasteiger partial charge in [0, 0.05) is 25.6 Å². The Morgan fingerprint density at radius 3 is 2.85 bits per heavy atom. The smallest absolute Gasteiger partial charge is 0.227 e. The summed E-state index contributed by atoms with van der Waals surface area (Å²) in [5.41, 5.74) is 3.29. The number of nitrogens with zero attached hydrogens (tertiary/aromatic N) is 1. The molecule has 0 bridgehead atoms. The van der Waals surface area contributed by atoms with Crippen LogP contribution in [0, 0.1) is 0 Å². The number of hydrogen-bond acceptors (Lipinski definition) is 3. The number of rotatable bonds is 3. The molecule has 3 rings (SSSR count). The number of aldehydes is 1. The highest BCUT2D eigenvalue weighted by Gasteiger charge is 2.20. The first-order valence-electron chi connectivity index (χ1n) is 6.59. The predicted molar refractivity (Wildman–Crippen MR) is 75.1 cm³/mol. The van der Waals surface area contributed by atoms with Crippen LogP contribution in [0.2, 0.25) is 0 Å². The van der Waals surface area contributed by atoms with Gasteiger partial charge < -0.3 is 9.32 Å². The minimum absolute atomic E-state index is 0.159. The Hall–Kier alpha value is -2.36. The van der Waals surface area contributed by atoms with Gasteiger partial charge in [-0.3, -0.25) is 9.59 Å². The van der Waals surface area contributed by atoms with Gasteiger partial charge in [-0.15, -0.1) is 0 Å². The molecule has 0 N–H and O–H groups in total. The zero-order valence-electron chi connectivity index (χ0n) is 11.3. The summed E-state index contributed by atoms with van der Waals surface area (Å²) < 4.78 is 5.39. The van der Waals surface area contributed by atoms with Crippen LogP contribution in [0.1, 0.15) is 33.9 Å². The van der Waals surface area contributed by atoms with Crippen molar-refractivity contribution >= 4 is 17.9 Å². The fourth-order valence-electron chi connectivity index (χ4n) is 2.57. The molecule has 4 heteroatoms. The number of anilines is 1. The summed E-state index contributed by atoms with van der Waals surface area (Å²) in [4.78, 5) is 24.0. The fraction of sp³-hybridized carbons (Fsp3) is 0.250. The van der Waals surface area contributed by atoms with Gasteiger partial charge in [0.2, 0.25) is 5.91 Å². The molecule has 1 aliphatic rings. The average molecular weight is 269 g/mol. The summed E-state index contributed by atoms with van der Waals surface area (Å²) in [6.45, 7) is 0. The van der Waals surface area contributed by atoms with Crippen LogP contribution in [-0.4, -0.2) is 19.2 Å². The molecule has 2 aromatic rings. The maximum Gasteiger partial charge on any atom is 0.227 e. The summed E-state index contributed by atoms with van der Waals surface area (Å²) in [5.74, 6) is 1.28. The van der Waals surface area contributed by atoms with Crippen molar-refractivity contribution in [2.75, 3.05) is 11.9 Å². The topological polar surface area (TPSA) is 50.5 Å². The van der Waals surface area contributed by atoms with Crippen molar-refractivity contribution in [2.45, 2.75) is 19.3 Å². The first-order chi connectivity index (χ1) is 9.67. The van der Waals surface area contributed by atoms with Crippen LogP contribution in [0.25, 0.3) is 0 Å².